The molecule has 0 amide bonds. The highest BCUT2D eigenvalue weighted by atomic mass is 79.9. The monoisotopic (exact) mass is 291 g/mol. The van der Waals surface area contributed by atoms with Crippen molar-refractivity contribution < 1.29 is 9.53 Å². The number of aromatic nitrogens is 1. The van der Waals surface area contributed by atoms with E-state index in [1.54, 1.807) is 19.4 Å². The van der Waals surface area contributed by atoms with Crippen LogP contribution in [0.1, 0.15) is 10.4 Å². The Bertz CT molecular complexity index is 555. The molecule has 17 heavy (non-hydrogen) atoms. The Labute approximate surface area is 108 Å². The number of nitrogens with zero attached hydrogens (tertiary/aromatic N) is 1. The molecular formula is C13H10BrNO2. The van der Waals surface area contributed by atoms with E-state index >= 15 is 0 Å². The molecule has 0 aliphatic heterocycles. The van der Waals surface area contributed by atoms with E-state index in [9.17, 15) is 4.79 Å². The first-order valence-electron chi connectivity index (χ1n) is 4.98. The fraction of sp³-hybridized carbons (Fsp3) is 0.0769. The minimum atomic E-state index is 0.546. The third-order valence-corrected chi connectivity index (χ3v) is 2.86. The average Bonchev–Trinajstić information content (AvgIpc) is 2.39. The highest BCUT2D eigenvalue weighted by Gasteiger charge is 2.07. The van der Waals surface area contributed by atoms with Crippen LogP contribution in [0.4, 0.5) is 0 Å². The summed E-state index contributed by atoms with van der Waals surface area (Å²) in [5, 5.41) is 0. The van der Waals surface area contributed by atoms with E-state index in [0.29, 0.717) is 5.56 Å². The molecule has 0 atom stereocenters. The van der Waals surface area contributed by atoms with Crippen molar-refractivity contribution in [1.29, 1.82) is 0 Å². The van der Waals surface area contributed by atoms with E-state index in [0.717, 1.165) is 27.6 Å². The summed E-state index contributed by atoms with van der Waals surface area (Å²) < 4.78 is 6.24. The molecule has 4 heteroatoms. The van der Waals surface area contributed by atoms with Crippen LogP contribution in [0.5, 0.6) is 5.75 Å². The lowest BCUT2D eigenvalue weighted by Gasteiger charge is -2.09. The molecule has 2 rings (SSSR count). The van der Waals surface area contributed by atoms with Crippen LogP contribution in [-0.4, -0.2) is 18.4 Å². The Morgan fingerprint density at radius 2 is 2.12 bits per heavy atom. The molecule has 0 saturated carbocycles. The summed E-state index contributed by atoms with van der Waals surface area (Å²) in [6.45, 7) is 0. The van der Waals surface area contributed by atoms with Gasteiger partial charge in [0.05, 0.1) is 7.11 Å². The lowest BCUT2D eigenvalue weighted by molar-refractivity contribution is 0.112. The van der Waals surface area contributed by atoms with Gasteiger partial charge >= 0.3 is 0 Å². The van der Waals surface area contributed by atoms with Crippen molar-refractivity contribution in [1.82, 2.24) is 4.98 Å². The van der Waals surface area contributed by atoms with E-state index in [1.807, 2.05) is 18.2 Å². The van der Waals surface area contributed by atoms with Crippen LogP contribution in [0.2, 0.25) is 0 Å². The van der Waals surface area contributed by atoms with Gasteiger partial charge in [-0.15, -0.1) is 0 Å². The normalized spacial score (nSPS) is 10.0. The number of rotatable bonds is 3. The van der Waals surface area contributed by atoms with Gasteiger partial charge in [0.25, 0.3) is 0 Å². The number of hydrogen-bond acceptors (Lipinski definition) is 3. The maximum absolute atomic E-state index is 10.7. The number of carbonyl (C=O) groups is 1. The Hall–Kier alpha value is -1.68. The van der Waals surface area contributed by atoms with Crippen LogP contribution in [0.15, 0.2) is 41.1 Å². The second kappa shape index (κ2) is 5.10. The number of methoxy groups -OCH3 is 1. The van der Waals surface area contributed by atoms with Crippen molar-refractivity contribution in [2.75, 3.05) is 7.11 Å². The average molecular weight is 292 g/mol. The van der Waals surface area contributed by atoms with Gasteiger partial charge < -0.3 is 4.74 Å². The maximum Gasteiger partial charge on any atom is 0.151 e. The molecule has 0 radical (unpaired) electrons. The Morgan fingerprint density at radius 1 is 1.29 bits per heavy atom. The van der Waals surface area contributed by atoms with Crippen LogP contribution in [0.3, 0.4) is 0 Å². The largest absolute Gasteiger partial charge is 0.496 e. The van der Waals surface area contributed by atoms with Gasteiger partial charge in [-0.1, -0.05) is 15.9 Å². The number of hydrogen-bond donors (Lipinski definition) is 0. The van der Waals surface area contributed by atoms with Crippen molar-refractivity contribution in [2.24, 2.45) is 0 Å². The Morgan fingerprint density at radius 3 is 2.82 bits per heavy atom. The number of aldehydes is 1. The molecule has 1 heterocycles. The molecule has 1 aromatic heterocycles. The molecule has 1 aromatic carbocycles. The smallest absolute Gasteiger partial charge is 0.151 e. The van der Waals surface area contributed by atoms with Gasteiger partial charge in [-0.05, 0) is 24.3 Å². The second-order valence-corrected chi connectivity index (χ2v) is 4.39. The van der Waals surface area contributed by atoms with Gasteiger partial charge in [-0.25, -0.2) is 0 Å². The SMILES string of the molecule is COc1ccc(Br)cc1-c1cncc(C=O)c1. The molecule has 0 aliphatic carbocycles. The number of benzene rings is 1. The summed E-state index contributed by atoms with van der Waals surface area (Å²) in [4.78, 5) is 14.8. The standard InChI is InChI=1S/C13H10BrNO2/c1-17-13-3-2-11(14)5-12(13)10-4-9(8-16)6-15-7-10/h2-8H,1H3. The maximum atomic E-state index is 10.7. The molecule has 2 aromatic rings. The van der Waals surface area contributed by atoms with E-state index in [4.69, 9.17) is 4.74 Å². The van der Waals surface area contributed by atoms with Crippen LogP contribution in [-0.2, 0) is 0 Å². The number of carbonyl (C=O) groups excluding carboxylic acids is 1. The van der Waals surface area contributed by atoms with Crippen molar-refractivity contribution >= 4 is 22.2 Å². The Kier molecular flexibility index (Phi) is 3.54. The zero-order chi connectivity index (χ0) is 12.3. The first kappa shape index (κ1) is 11.8. The van der Waals surface area contributed by atoms with E-state index in [1.165, 1.54) is 6.20 Å². The van der Waals surface area contributed by atoms with Crippen LogP contribution < -0.4 is 4.74 Å². The zero-order valence-electron chi connectivity index (χ0n) is 9.18. The van der Waals surface area contributed by atoms with Gasteiger partial charge in [-0.2, -0.15) is 0 Å². The van der Waals surface area contributed by atoms with Crippen LogP contribution in [0.25, 0.3) is 11.1 Å². The summed E-state index contributed by atoms with van der Waals surface area (Å²) >= 11 is 3.41. The zero-order valence-corrected chi connectivity index (χ0v) is 10.8. The first-order chi connectivity index (χ1) is 8.24. The molecule has 3 nitrogen and oxygen atoms in total. The van der Waals surface area contributed by atoms with E-state index in [2.05, 4.69) is 20.9 Å². The molecule has 0 N–H and O–H groups in total. The minimum absolute atomic E-state index is 0.546. The summed E-state index contributed by atoms with van der Waals surface area (Å²) in [5.41, 5.74) is 2.30. The lowest BCUT2D eigenvalue weighted by Crippen LogP contribution is -1.90. The summed E-state index contributed by atoms with van der Waals surface area (Å²) in [6, 6.07) is 7.49. The molecular weight excluding hydrogens is 282 g/mol. The first-order valence-corrected chi connectivity index (χ1v) is 5.78. The van der Waals surface area contributed by atoms with Gasteiger partial charge in [-0.3, -0.25) is 9.78 Å². The van der Waals surface area contributed by atoms with Crippen molar-refractivity contribution in [3.63, 3.8) is 0 Å². The molecule has 0 saturated heterocycles. The van der Waals surface area contributed by atoms with Crippen molar-refractivity contribution in [3.05, 3.63) is 46.7 Å². The van der Waals surface area contributed by atoms with Gasteiger partial charge in [0, 0.05) is 33.6 Å². The van der Waals surface area contributed by atoms with Gasteiger partial charge in [0.1, 0.15) is 5.75 Å². The fourth-order valence-electron chi connectivity index (χ4n) is 1.58. The van der Waals surface area contributed by atoms with Gasteiger partial charge in [0.15, 0.2) is 6.29 Å². The molecule has 0 fully saturated rings. The predicted molar refractivity (Wildman–Crippen MR) is 69.3 cm³/mol. The molecule has 0 spiro atoms. The van der Waals surface area contributed by atoms with Crippen LogP contribution >= 0.6 is 15.9 Å². The van der Waals surface area contributed by atoms with Crippen LogP contribution in [0, 0.1) is 0 Å². The number of pyridine rings is 1. The number of halogens is 1. The third kappa shape index (κ3) is 2.53. The third-order valence-electron chi connectivity index (χ3n) is 2.37. The van der Waals surface area contributed by atoms with Crippen molar-refractivity contribution in [2.45, 2.75) is 0 Å². The molecule has 86 valence electrons. The van der Waals surface area contributed by atoms with E-state index in [-0.39, 0.29) is 0 Å². The lowest BCUT2D eigenvalue weighted by atomic mass is 10.1. The number of ether oxygens (including phenoxy) is 1. The summed E-state index contributed by atoms with van der Waals surface area (Å²) in [6.07, 6.45) is 4.01. The quantitative estimate of drug-likeness (QED) is 0.814. The van der Waals surface area contributed by atoms with Crippen molar-refractivity contribution in [3.8, 4) is 16.9 Å². The molecule has 0 aliphatic rings. The predicted octanol–water partition coefficient (Wildman–Crippen LogP) is 3.33. The van der Waals surface area contributed by atoms with E-state index < -0.39 is 0 Å². The fourth-order valence-corrected chi connectivity index (χ4v) is 1.94. The topological polar surface area (TPSA) is 39.2 Å². The Balaban J connectivity index is 2.58. The highest BCUT2D eigenvalue weighted by Crippen LogP contribution is 2.32. The molecule has 0 unspecified atom stereocenters. The molecule has 0 bridgehead atoms. The summed E-state index contributed by atoms with van der Waals surface area (Å²) in [7, 11) is 1.61. The minimum Gasteiger partial charge on any atom is -0.496 e. The highest BCUT2D eigenvalue weighted by molar-refractivity contribution is 9.10. The summed E-state index contributed by atoms with van der Waals surface area (Å²) in [5.74, 6) is 0.748. The van der Waals surface area contributed by atoms with Gasteiger partial charge in [0.2, 0.25) is 0 Å². The second-order valence-electron chi connectivity index (χ2n) is 3.47.